The highest BCUT2D eigenvalue weighted by Crippen LogP contribution is 2.36. The van der Waals surface area contributed by atoms with Crippen LogP contribution in [0, 0.1) is 5.92 Å². The molecular formula is C15H18F6N2O2. The van der Waals surface area contributed by atoms with Crippen LogP contribution in [0.2, 0.25) is 0 Å². The Morgan fingerprint density at radius 1 is 1.16 bits per heavy atom. The lowest BCUT2D eigenvalue weighted by molar-refractivity contribution is -0.304. The molecule has 0 spiro atoms. The van der Waals surface area contributed by atoms with Crippen LogP contribution in [0.3, 0.4) is 0 Å². The van der Waals surface area contributed by atoms with Crippen molar-refractivity contribution in [3.8, 4) is 5.75 Å². The number of aliphatic hydroxyl groups excluding tert-OH is 1. The topological polar surface area (TPSA) is 53.5 Å². The molecule has 4 nitrogen and oxygen atoms in total. The van der Waals surface area contributed by atoms with Crippen molar-refractivity contribution in [3.63, 3.8) is 0 Å². The van der Waals surface area contributed by atoms with Gasteiger partial charge in [0.15, 0.2) is 0 Å². The molecule has 1 aliphatic rings. The molecule has 25 heavy (non-hydrogen) atoms. The van der Waals surface area contributed by atoms with E-state index in [0.29, 0.717) is 31.7 Å². The van der Waals surface area contributed by atoms with Crippen molar-refractivity contribution in [3.05, 3.63) is 29.8 Å². The summed E-state index contributed by atoms with van der Waals surface area (Å²) in [6.45, 7) is 2.12. The number of hydrogen-bond donors (Lipinski definition) is 3. The zero-order valence-corrected chi connectivity index (χ0v) is 13.0. The summed E-state index contributed by atoms with van der Waals surface area (Å²) in [5.41, 5.74) is 0.670. The lowest BCUT2D eigenvalue weighted by Gasteiger charge is -2.23. The molecule has 0 saturated carbocycles. The van der Waals surface area contributed by atoms with E-state index in [2.05, 4.69) is 15.4 Å². The quantitative estimate of drug-likeness (QED) is 0.643. The van der Waals surface area contributed by atoms with Crippen LogP contribution in [-0.4, -0.2) is 49.3 Å². The lowest BCUT2D eigenvalue weighted by Crippen LogP contribution is -2.45. The van der Waals surface area contributed by atoms with E-state index in [4.69, 9.17) is 0 Å². The Morgan fingerprint density at radius 3 is 2.32 bits per heavy atom. The molecule has 2 rings (SSSR count). The third kappa shape index (κ3) is 5.48. The normalized spacial score (nSPS) is 22.8. The maximum Gasteiger partial charge on any atom is 0.439 e. The maximum atomic E-state index is 13.2. The molecule has 0 bridgehead atoms. The van der Waals surface area contributed by atoms with E-state index in [1.165, 1.54) is 12.1 Å². The van der Waals surface area contributed by atoms with Gasteiger partial charge in [0.25, 0.3) is 6.17 Å². The van der Waals surface area contributed by atoms with Gasteiger partial charge >= 0.3 is 12.3 Å². The predicted octanol–water partition coefficient (Wildman–Crippen LogP) is 2.23. The number of aliphatic hydroxyl groups is 1. The number of benzene rings is 1. The molecule has 1 fully saturated rings. The first-order chi connectivity index (χ1) is 11.6. The van der Waals surface area contributed by atoms with Crippen molar-refractivity contribution >= 4 is 0 Å². The molecule has 142 valence electrons. The van der Waals surface area contributed by atoms with Gasteiger partial charge in [-0.1, -0.05) is 12.1 Å². The lowest BCUT2D eigenvalue weighted by atomic mass is 10.1. The zero-order valence-electron chi connectivity index (χ0n) is 13.0. The van der Waals surface area contributed by atoms with Gasteiger partial charge in [-0.15, -0.1) is 0 Å². The molecule has 0 aliphatic carbocycles. The van der Waals surface area contributed by atoms with Crippen LogP contribution < -0.4 is 15.4 Å². The molecular weight excluding hydrogens is 354 g/mol. The molecule has 1 heterocycles. The number of alkyl halides is 6. The molecule has 0 radical (unpaired) electrons. The average molecular weight is 372 g/mol. The zero-order chi connectivity index (χ0) is 18.7. The first-order valence-electron chi connectivity index (χ1n) is 7.55. The highest BCUT2D eigenvalue weighted by atomic mass is 19.4. The van der Waals surface area contributed by atoms with Crippen LogP contribution in [-0.2, 0) is 6.54 Å². The number of nitrogens with one attached hydrogen (secondary N) is 2. The van der Waals surface area contributed by atoms with Gasteiger partial charge in [-0.3, -0.25) is 0 Å². The molecule has 1 aromatic carbocycles. The fourth-order valence-corrected chi connectivity index (χ4v) is 2.40. The first-order valence-corrected chi connectivity index (χ1v) is 7.55. The molecule has 0 aromatic heterocycles. The standard InChI is InChI=1S/C15H18F6N2O2/c16-13(14(17,18)19)15(20,21)25-11-3-1-9(2-4-11)5-22-6-10-7-23-8-12(10)24/h1-4,10,12-13,22-24H,5-8H2. The fourth-order valence-electron chi connectivity index (χ4n) is 2.40. The van der Waals surface area contributed by atoms with E-state index in [9.17, 15) is 31.4 Å². The molecule has 3 atom stereocenters. The minimum Gasteiger partial charge on any atom is -0.430 e. The number of β-amino-alcohol motifs (C(OH)–C–C–N with tert-alkyl or cyclic N) is 1. The van der Waals surface area contributed by atoms with Crippen molar-refractivity contribution in [2.45, 2.75) is 31.1 Å². The predicted molar refractivity (Wildman–Crippen MR) is 77.0 cm³/mol. The first kappa shape index (κ1) is 19.8. The molecule has 10 heteroatoms. The Hall–Kier alpha value is -1.52. The van der Waals surface area contributed by atoms with Crippen LogP contribution in [0.5, 0.6) is 5.75 Å². The summed E-state index contributed by atoms with van der Waals surface area (Å²) in [6.07, 6.45) is -15.6. The van der Waals surface area contributed by atoms with Crippen LogP contribution in [0.4, 0.5) is 26.3 Å². The Labute approximate surface area is 140 Å². The number of hydrogen-bond acceptors (Lipinski definition) is 4. The van der Waals surface area contributed by atoms with E-state index in [-0.39, 0.29) is 5.92 Å². The summed E-state index contributed by atoms with van der Waals surface area (Å²) in [5, 5.41) is 15.7. The van der Waals surface area contributed by atoms with Gasteiger partial charge in [-0.2, -0.15) is 22.0 Å². The highest BCUT2D eigenvalue weighted by molar-refractivity contribution is 5.27. The van der Waals surface area contributed by atoms with Crippen LogP contribution in [0.15, 0.2) is 24.3 Å². The highest BCUT2D eigenvalue weighted by Gasteiger charge is 2.59. The molecule has 1 aliphatic heterocycles. The summed E-state index contributed by atoms with van der Waals surface area (Å²) < 4.78 is 79.0. The van der Waals surface area contributed by atoms with E-state index in [1.807, 2.05) is 0 Å². The summed E-state index contributed by atoms with van der Waals surface area (Å²) in [5.74, 6) is -0.513. The molecule has 1 aromatic rings. The van der Waals surface area contributed by atoms with Crippen molar-refractivity contribution < 1.29 is 36.2 Å². The van der Waals surface area contributed by atoms with Gasteiger partial charge < -0.3 is 20.5 Å². The smallest absolute Gasteiger partial charge is 0.430 e. The Morgan fingerprint density at radius 2 is 1.80 bits per heavy atom. The van der Waals surface area contributed by atoms with Gasteiger partial charge in [0.1, 0.15) is 5.75 Å². The fraction of sp³-hybridized carbons (Fsp3) is 0.600. The second kappa shape index (κ2) is 7.79. The van der Waals surface area contributed by atoms with Gasteiger partial charge in [0.05, 0.1) is 6.10 Å². The van der Waals surface area contributed by atoms with Crippen molar-refractivity contribution in [1.82, 2.24) is 10.6 Å². The molecule has 3 unspecified atom stereocenters. The van der Waals surface area contributed by atoms with Gasteiger partial charge in [-0.05, 0) is 17.7 Å². The van der Waals surface area contributed by atoms with Gasteiger partial charge in [-0.25, -0.2) is 4.39 Å². The van der Waals surface area contributed by atoms with Crippen LogP contribution >= 0.6 is 0 Å². The van der Waals surface area contributed by atoms with Crippen molar-refractivity contribution in [2.24, 2.45) is 5.92 Å². The summed E-state index contributed by atoms with van der Waals surface area (Å²) in [4.78, 5) is 0. The number of ether oxygens (including phenoxy) is 1. The summed E-state index contributed by atoms with van der Waals surface area (Å²) in [7, 11) is 0. The van der Waals surface area contributed by atoms with Crippen LogP contribution in [0.25, 0.3) is 0 Å². The van der Waals surface area contributed by atoms with Crippen molar-refractivity contribution in [1.29, 1.82) is 0 Å². The molecule has 3 N–H and O–H groups in total. The van der Waals surface area contributed by atoms with Crippen LogP contribution in [0.1, 0.15) is 5.56 Å². The SMILES string of the molecule is OC1CNCC1CNCc1ccc(OC(F)(F)C(F)C(F)(F)F)cc1. The second-order valence-corrected chi connectivity index (χ2v) is 5.83. The monoisotopic (exact) mass is 372 g/mol. The largest absolute Gasteiger partial charge is 0.439 e. The minimum absolute atomic E-state index is 0.0603. The number of halogens is 6. The van der Waals surface area contributed by atoms with E-state index in [1.54, 1.807) is 0 Å². The Kier molecular flexibility index (Phi) is 6.17. The minimum atomic E-state index is -5.72. The Balaban J connectivity index is 1.85. The third-order valence-corrected chi connectivity index (χ3v) is 3.80. The van der Waals surface area contributed by atoms with Gasteiger partial charge in [0, 0.05) is 32.1 Å². The van der Waals surface area contributed by atoms with E-state index < -0.39 is 30.3 Å². The average Bonchev–Trinajstić information content (AvgIpc) is 2.92. The van der Waals surface area contributed by atoms with Gasteiger partial charge in [0.2, 0.25) is 0 Å². The third-order valence-electron chi connectivity index (χ3n) is 3.80. The summed E-state index contributed by atoms with van der Waals surface area (Å²) >= 11 is 0. The Bertz CT molecular complexity index is 552. The molecule has 0 amide bonds. The summed E-state index contributed by atoms with van der Waals surface area (Å²) in [6, 6.07) is 4.84. The van der Waals surface area contributed by atoms with E-state index in [0.717, 1.165) is 12.1 Å². The number of rotatable bonds is 7. The second-order valence-electron chi connectivity index (χ2n) is 5.83. The maximum absolute atomic E-state index is 13.2. The van der Waals surface area contributed by atoms with Crippen molar-refractivity contribution in [2.75, 3.05) is 19.6 Å². The van der Waals surface area contributed by atoms with E-state index >= 15 is 0 Å². The molecule has 1 saturated heterocycles.